The Morgan fingerprint density at radius 1 is 1.16 bits per heavy atom. The highest BCUT2D eigenvalue weighted by Crippen LogP contribution is 2.43. The van der Waals surface area contributed by atoms with Crippen LogP contribution in [0, 0.1) is 28.4 Å². The van der Waals surface area contributed by atoms with Crippen molar-refractivity contribution in [1.82, 2.24) is 24.3 Å². The van der Waals surface area contributed by atoms with E-state index < -0.39 is 11.6 Å². The summed E-state index contributed by atoms with van der Waals surface area (Å²) in [4.78, 5) is 4.25. The van der Waals surface area contributed by atoms with Crippen molar-refractivity contribution in [3.63, 3.8) is 0 Å². The lowest BCUT2D eigenvalue weighted by molar-refractivity contribution is 0.0990. The molecule has 0 saturated heterocycles. The van der Waals surface area contributed by atoms with Gasteiger partial charge in [-0.1, -0.05) is 32.1 Å². The molecule has 2 aliphatic rings. The summed E-state index contributed by atoms with van der Waals surface area (Å²) in [6.07, 6.45) is 5.91. The SMILES string of the molecule is CC1(C)C=C2C(=C1)n1cnc(C#N)c1Cn1c(COCc3ccc(F)c(F)c3)nnc12. The Morgan fingerprint density at radius 3 is 2.77 bits per heavy atom. The molecule has 0 saturated carbocycles. The van der Waals surface area contributed by atoms with E-state index in [9.17, 15) is 14.0 Å². The van der Waals surface area contributed by atoms with E-state index >= 15 is 0 Å². The first-order valence-corrected chi connectivity index (χ1v) is 9.73. The van der Waals surface area contributed by atoms with Crippen molar-refractivity contribution in [3.8, 4) is 6.07 Å². The first kappa shape index (κ1) is 19.3. The van der Waals surface area contributed by atoms with Gasteiger partial charge in [0.05, 0.1) is 24.5 Å². The first-order chi connectivity index (χ1) is 14.9. The molecule has 7 nitrogen and oxygen atoms in total. The summed E-state index contributed by atoms with van der Waals surface area (Å²) >= 11 is 0. The normalized spacial score (nSPS) is 16.0. The molecule has 5 rings (SSSR count). The van der Waals surface area contributed by atoms with Crippen LogP contribution in [0.5, 0.6) is 0 Å². The molecule has 0 atom stereocenters. The van der Waals surface area contributed by atoms with Gasteiger partial charge in [-0.2, -0.15) is 5.26 Å². The van der Waals surface area contributed by atoms with Gasteiger partial charge < -0.3 is 9.30 Å². The van der Waals surface area contributed by atoms with Gasteiger partial charge in [0.2, 0.25) is 0 Å². The molecule has 1 aliphatic carbocycles. The summed E-state index contributed by atoms with van der Waals surface area (Å²) in [6.45, 7) is 4.77. The van der Waals surface area contributed by atoms with Crippen LogP contribution in [-0.4, -0.2) is 24.3 Å². The number of nitrogens with zero attached hydrogens (tertiary/aromatic N) is 6. The molecule has 9 heteroatoms. The van der Waals surface area contributed by atoms with Gasteiger partial charge in [0.15, 0.2) is 29.0 Å². The summed E-state index contributed by atoms with van der Waals surface area (Å²) < 4.78 is 36.1. The van der Waals surface area contributed by atoms with E-state index in [1.807, 2.05) is 9.13 Å². The molecule has 0 unspecified atom stereocenters. The Balaban J connectivity index is 1.48. The maximum absolute atomic E-state index is 13.4. The topological polar surface area (TPSA) is 81.5 Å². The van der Waals surface area contributed by atoms with Crippen LogP contribution in [0.3, 0.4) is 0 Å². The van der Waals surface area contributed by atoms with Gasteiger partial charge in [0.25, 0.3) is 0 Å². The third kappa shape index (κ3) is 3.25. The molecule has 3 aromatic rings. The Bertz CT molecular complexity index is 1310. The molecule has 0 bridgehead atoms. The third-order valence-corrected chi connectivity index (χ3v) is 5.39. The zero-order valence-electron chi connectivity index (χ0n) is 16.9. The standard InChI is InChI=1S/C22H18F2N6O/c1-22(2)6-14-18(7-22)30-12-26-17(8-25)19(30)9-29-20(27-28-21(14)29)11-31-10-13-3-4-15(23)16(24)5-13/h3-7,12H,9-11H2,1-2H3. The number of hydrogen-bond donors (Lipinski definition) is 0. The lowest BCUT2D eigenvalue weighted by atomic mass is 9.96. The van der Waals surface area contributed by atoms with Crippen molar-refractivity contribution < 1.29 is 13.5 Å². The van der Waals surface area contributed by atoms with Crippen LogP contribution >= 0.6 is 0 Å². The van der Waals surface area contributed by atoms with Crippen LogP contribution < -0.4 is 0 Å². The van der Waals surface area contributed by atoms with Crippen LogP contribution in [0.1, 0.15) is 42.4 Å². The zero-order valence-corrected chi connectivity index (χ0v) is 16.9. The van der Waals surface area contributed by atoms with E-state index in [2.05, 4.69) is 47.3 Å². The largest absolute Gasteiger partial charge is 0.369 e. The van der Waals surface area contributed by atoms with E-state index in [0.717, 1.165) is 29.1 Å². The monoisotopic (exact) mass is 420 g/mol. The van der Waals surface area contributed by atoms with Crippen LogP contribution in [0.4, 0.5) is 8.78 Å². The highest BCUT2D eigenvalue weighted by Gasteiger charge is 2.33. The molecule has 0 radical (unpaired) electrons. The summed E-state index contributed by atoms with van der Waals surface area (Å²) in [6, 6.07) is 5.81. The maximum atomic E-state index is 13.4. The van der Waals surface area contributed by atoms with Gasteiger partial charge in [0, 0.05) is 11.0 Å². The molecule has 3 heterocycles. The van der Waals surface area contributed by atoms with Crippen molar-refractivity contribution in [2.45, 2.75) is 33.6 Å². The van der Waals surface area contributed by atoms with E-state index in [1.54, 1.807) is 6.33 Å². The lowest BCUT2D eigenvalue weighted by Gasteiger charge is -2.12. The Morgan fingerprint density at radius 2 is 2.00 bits per heavy atom. The fourth-order valence-corrected chi connectivity index (χ4v) is 3.97. The molecule has 156 valence electrons. The third-order valence-electron chi connectivity index (χ3n) is 5.39. The van der Waals surface area contributed by atoms with Gasteiger partial charge in [-0.15, -0.1) is 10.2 Å². The van der Waals surface area contributed by atoms with Gasteiger partial charge in [0.1, 0.15) is 19.0 Å². The molecular weight excluding hydrogens is 402 g/mol. The average Bonchev–Trinajstić information content (AvgIpc) is 3.38. The summed E-state index contributed by atoms with van der Waals surface area (Å²) in [5, 5.41) is 18.2. The number of hydrogen-bond acceptors (Lipinski definition) is 5. The Kier molecular flexibility index (Phi) is 4.34. The number of halogens is 2. The molecule has 1 aromatic carbocycles. The number of ether oxygens (including phenoxy) is 1. The second-order valence-electron chi connectivity index (χ2n) is 8.20. The van der Waals surface area contributed by atoms with Crippen molar-refractivity contribution in [3.05, 3.63) is 76.9 Å². The summed E-state index contributed by atoms with van der Waals surface area (Å²) in [7, 11) is 0. The van der Waals surface area contributed by atoms with Crippen LogP contribution in [-0.2, 0) is 24.5 Å². The van der Waals surface area contributed by atoms with Crippen LogP contribution in [0.25, 0.3) is 11.3 Å². The minimum atomic E-state index is -0.912. The number of benzene rings is 1. The minimum absolute atomic E-state index is 0.0989. The lowest BCUT2D eigenvalue weighted by Crippen LogP contribution is -2.11. The van der Waals surface area contributed by atoms with Gasteiger partial charge in [-0.05, 0) is 17.7 Å². The predicted molar refractivity (Wildman–Crippen MR) is 107 cm³/mol. The van der Waals surface area contributed by atoms with E-state index in [4.69, 9.17) is 4.74 Å². The van der Waals surface area contributed by atoms with Crippen molar-refractivity contribution in [1.29, 1.82) is 5.26 Å². The molecule has 0 amide bonds. The van der Waals surface area contributed by atoms with Crippen molar-refractivity contribution in [2.24, 2.45) is 5.41 Å². The van der Waals surface area contributed by atoms with Gasteiger partial charge in [-0.3, -0.25) is 4.57 Å². The quantitative estimate of drug-likeness (QED) is 0.643. The Hall–Kier alpha value is -3.64. The van der Waals surface area contributed by atoms with Crippen molar-refractivity contribution in [2.75, 3.05) is 0 Å². The fourth-order valence-electron chi connectivity index (χ4n) is 3.97. The smallest absolute Gasteiger partial charge is 0.166 e. The molecule has 0 spiro atoms. The van der Waals surface area contributed by atoms with E-state index in [-0.39, 0.29) is 18.6 Å². The molecule has 2 aromatic heterocycles. The second-order valence-corrected chi connectivity index (χ2v) is 8.20. The Labute approximate surface area is 176 Å². The maximum Gasteiger partial charge on any atom is 0.166 e. The molecule has 1 aliphatic heterocycles. The molecule has 0 fully saturated rings. The fraction of sp³-hybridized carbons (Fsp3) is 0.273. The number of fused-ring (bicyclic) bond motifs is 5. The van der Waals surface area contributed by atoms with E-state index in [0.29, 0.717) is 29.5 Å². The van der Waals surface area contributed by atoms with Gasteiger partial charge in [-0.25, -0.2) is 13.8 Å². The summed E-state index contributed by atoms with van der Waals surface area (Å²) in [5.41, 5.74) is 3.28. The highest BCUT2D eigenvalue weighted by molar-refractivity contribution is 6.00. The number of rotatable bonds is 4. The molecule has 31 heavy (non-hydrogen) atoms. The van der Waals surface area contributed by atoms with E-state index in [1.165, 1.54) is 6.07 Å². The number of aromatic nitrogens is 5. The molecule has 0 N–H and O–H groups in total. The molecular formula is C22H18F2N6O. The van der Waals surface area contributed by atoms with Crippen LogP contribution in [0.15, 0.2) is 36.7 Å². The number of nitriles is 1. The summed E-state index contributed by atoms with van der Waals surface area (Å²) in [5.74, 6) is -0.546. The van der Waals surface area contributed by atoms with Crippen LogP contribution in [0.2, 0.25) is 0 Å². The number of allylic oxidation sites excluding steroid dienone is 4. The zero-order chi connectivity index (χ0) is 21.8. The minimum Gasteiger partial charge on any atom is -0.369 e. The predicted octanol–water partition coefficient (Wildman–Crippen LogP) is 3.67. The first-order valence-electron chi connectivity index (χ1n) is 9.73. The highest BCUT2D eigenvalue weighted by atomic mass is 19.2. The second kappa shape index (κ2) is 6.96. The van der Waals surface area contributed by atoms with Crippen molar-refractivity contribution >= 4 is 11.3 Å². The number of imidazole rings is 1. The average molecular weight is 420 g/mol. The van der Waals surface area contributed by atoms with Gasteiger partial charge >= 0.3 is 0 Å².